The van der Waals surface area contributed by atoms with Gasteiger partial charge in [0.05, 0.1) is 11.3 Å². The van der Waals surface area contributed by atoms with Crippen LogP contribution in [0.15, 0.2) is 24.3 Å². The molecule has 1 unspecified atom stereocenters. The molecular weight excluding hydrogens is 280 g/mol. The maximum absolute atomic E-state index is 12.4. The lowest BCUT2D eigenvalue weighted by Gasteiger charge is -2.21. The molecule has 5 nitrogen and oxygen atoms in total. The van der Waals surface area contributed by atoms with Crippen LogP contribution in [0.25, 0.3) is 0 Å². The van der Waals surface area contributed by atoms with Crippen molar-refractivity contribution in [3.8, 4) is 0 Å². The highest BCUT2D eigenvalue weighted by Gasteiger charge is 2.33. The van der Waals surface area contributed by atoms with Crippen LogP contribution >= 0.6 is 0 Å². The molecule has 0 bridgehead atoms. The largest absolute Gasteiger partial charge is 0.396 e. The van der Waals surface area contributed by atoms with Gasteiger partial charge in [-0.3, -0.25) is 9.59 Å². The molecule has 0 heterocycles. The van der Waals surface area contributed by atoms with Gasteiger partial charge in [0.2, 0.25) is 5.91 Å². The van der Waals surface area contributed by atoms with E-state index in [1.54, 1.807) is 30.1 Å². The summed E-state index contributed by atoms with van der Waals surface area (Å²) in [7, 11) is 1.72. The van der Waals surface area contributed by atoms with E-state index in [0.717, 1.165) is 19.3 Å². The minimum atomic E-state index is -0.184. The molecule has 22 heavy (non-hydrogen) atoms. The van der Waals surface area contributed by atoms with Gasteiger partial charge < -0.3 is 15.3 Å². The first-order valence-corrected chi connectivity index (χ1v) is 7.83. The van der Waals surface area contributed by atoms with Crippen LogP contribution < -0.4 is 10.2 Å². The molecule has 120 valence electrons. The Kier molecular flexibility index (Phi) is 5.55. The fourth-order valence-electron chi connectivity index (χ4n) is 2.45. The van der Waals surface area contributed by atoms with E-state index >= 15 is 0 Å². The number of carbonyl (C=O) groups is 2. The Morgan fingerprint density at radius 1 is 1.36 bits per heavy atom. The number of nitrogens with zero attached hydrogens (tertiary/aromatic N) is 1. The van der Waals surface area contributed by atoms with Gasteiger partial charge in [0.1, 0.15) is 0 Å². The van der Waals surface area contributed by atoms with Crippen LogP contribution in [-0.2, 0) is 4.79 Å². The second-order valence-electron chi connectivity index (χ2n) is 5.93. The molecule has 1 fully saturated rings. The third-order valence-electron chi connectivity index (χ3n) is 3.94. The summed E-state index contributed by atoms with van der Waals surface area (Å²) >= 11 is 0. The van der Waals surface area contributed by atoms with Crippen molar-refractivity contribution >= 4 is 17.5 Å². The van der Waals surface area contributed by atoms with Gasteiger partial charge in [0, 0.05) is 25.6 Å². The zero-order valence-electron chi connectivity index (χ0n) is 13.2. The van der Waals surface area contributed by atoms with Crippen molar-refractivity contribution in [3.63, 3.8) is 0 Å². The molecule has 2 amide bonds. The zero-order valence-corrected chi connectivity index (χ0v) is 13.2. The summed E-state index contributed by atoms with van der Waals surface area (Å²) in [5.74, 6) is 0.00895. The summed E-state index contributed by atoms with van der Waals surface area (Å²) in [4.78, 5) is 26.2. The smallest absolute Gasteiger partial charge is 0.253 e. The van der Waals surface area contributed by atoms with E-state index in [4.69, 9.17) is 5.11 Å². The van der Waals surface area contributed by atoms with Gasteiger partial charge in [-0.05, 0) is 44.7 Å². The summed E-state index contributed by atoms with van der Waals surface area (Å²) in [6.07, 6.45) is 3.26. The second kappa shape index (κ2) is 7.40. The molecule has 1 aliphatic rings. The monoisotopic (exact) mass is 304 g/mol. The first-order valence-electron chi connectivity index (χ1n) is 7.83. The average molecular weight is 304 g/mol. The number of aliphatic hydroxyl groups is 1. The number of rotatable bonds is 7. The quantitative estimate of drug-likeness (QED) is 0.809. The molecule has 0 saturated heterocycles. The van der Waals surface area contributed by atoms with Gasteiger partial charge in [-0.2, -0.15) is 0 Å². The molecule has 0 spiro atoms. The topological polar surface area (TPSA) is 69.6 Å². The number of hydrogen-bond acceptors (Lipinski definition) is 3. The molecule has 5 heteroatoms. The molecule has 1 aromatic rings. The number of benzene rings is 1. The molecule has 1 atom stereocenters. The van der Waals surface area contributed by atoms with Crippen LogP contribution in [0.5, 0.6) is 0 Å². The lowest BCUT2D eigenvalue weighted by Crippen LogP contribution is -2.35. The minimum Gasteiger partial charge on any atom is -0.396 e. The molecule has 2 N–H and O–H groups in total. The van der Waals surface area contributed by atoms with E-state index in [2.05, 4.69) is 5.32 Å². The molecular formula is C17H24N2O3. The standard InChI is InChI=1S/C17H24N2O3/c1-12(6-5-11-20)18-16(21)14-7-3-4-8-15(14)19(2)17(22)13-9-10-13/h3-4,7-8,12-13,20H,5-6,9-11H2,1-2H3,(H,18,21). The van der Waals surface area contributed by atoms with Gasteiger partial charge in [0.25, 0.3) is 5.91 Å². The Balaban J connectivity index is 2.09. The van der Waals surface area contributed by atoms with Crippen LogP contribution in [0.2, 0.25) is 0 Å². The highest BCUT2D eigenvalue weighted by molar-refractivity contribution is 6.05. The number of hydrogen-bond donors (Lipinski definition) is 2. The lowest BCUT2D eigenvalue weighted by atomic mass is 10.1. The Bertz CT molecular complexity index is 540. The molecule has 1 aromatic carbocycles. The SMILES string of the molecule is CC(CCCO)NC(=O)c1ccccc1N(C)C(=O)C1CC1. The molecule has 0 aliphatic heterocycles. The van der Waals surface area contributed by atoms with E-state index in [1.165, 1.54) is 0 Å². The summed E-state index contributed by atoms with van der Waals surface area (Å²) < 4.78 is 0. The van der Waals surface area contributed by atoms with Gasteiger partial charge >= 0.3 is 0 Å². The van der Waals surface area contributed by atoms with Crippen molar-refractivity contribution in [2.24, 2.45) is 5.92 Å². The van der Waals surface area contributed by atoms with Crippen LogP contribution in [0.1, 0.15) is 43.0 Å². The molecule has 1 saturated carbocycles. The number of anilines is 1. The van der Waals surface area contributed by atoms with Gasteiger partial charge in [-0.15, -0.1) is 0 Å². The van der Waals surface area contributed by atoms with Crippen molar-refractivity contribution in [1.82, 2.24) is 5.32 Å². The van der Waals surface area contributed by atoms with Gasteiger partial charge in [-0.25, -0.2) is 0 Å². The van der Waals surface area contributed by atoms with E-state index in [0.29, 0.717) is 17.7 Å². The van der Waals surface area contributed by atoms with Crippen molar-refractivity contribution in [3.05, 3.63) is 29.8 Å². The first-order chi connectivity index (χ1) is 10.5. The van der Waals surface area contributed by atoms with Crippen LogP contribution in [0.4, 0.5) is 5.69 Å². The maximum Gasteiger partial charge on any atom is 0.253 e. The van der Waals surface area contributed by atoms with Gasteiger partial charge in [-0.1, -0.05) is 12.1 Å². The highest BCUT2D eigenvalue weighted by Crippen LogP contribution is 2.33. The summed E-state index contributed by atoms with van der Waals surface area (Å²) in [5.41, 5.74) is 1.15. The normalized spacial score (nSPS) is 15.2. The number of amides is 2. The van der Waals surface area contributed by atoms with Crippen molar-refractivity contribution in [1.29, 1.82) is 0 Å². The minimum absolute atomic E-state index is 0.0165. The number of aliphatic hydroxyl groups excluding tert-OH is 1. The molecule has 2 rings (SSSR count). The van der Waals surface area contributed by atoms with Gasteiger partial charge in [0.15, 0.2) is 0 Å². The highest BCUT2D eigenvalue weighted by atomic mass is 16.3. The average Bonchev–Trinajstić information content (AvgIpc) is 3.36. The third-order valence-corrected chi connectivity index (χ3v) is 3.94. The number of carbonyl (C=O) groups excluding carboxylic acids is 2. The maximum atomic E-state index is 12.4. The summed E-state index contributed by atoms with van der Waals surface area (Å²) in [6.45, 7) is 2.03. The predicted molar refractivity (Wildman–Crippen MR) is 85.8 cm³/mol. The van der Waals surface area contributed by atoms with Crippen LogP contribution in [0.3, 0.4) is 0 Å². The van der Waals surface area contributed by atoms with Crippen molar-refractivity contribution in [2.75, 3.05) is 18.6 Å². The third kappa shape index (κ3) is 4.07. The zero-order chi connectivity index (χ0) is 16.1. The predicted octanol–water partition coefficient (Wildman–Crippen LogP) is 1.95. The molecule has 0 radical (unpaired) electrons. The Hall–Kier alpha value is -1.88. The van der Waals surface area contributed by atoms with E-state index < -0.39 is 0 Å². The van der Waals surface area contributed by atoms with Crippen molar-refractivity contribution in [2.45, 2.75) is 38.6 Å². The van der Waals surface area contributed by atoms with Crippen molar-refractivity contribution < 1.29 is 14.7 Å². The number of para-hydroxylation sites is 1. The van der Waals surface area contributed by atoms with Crippen LogP contribution in [0, 0.1) is 5.92 Å². The fourth-order valence-corrected chi connectivity index (χ4v) is 2.45. The Labute approximate surface area is 131 Å². The number of nitrogens with one attached hydrogen (secondary N) is 1. The Morgan fingerprint density at radius 3 is 2.68 bits per heavy atom. The summed E-state index contributed by atoms with van der Waals surface area (Å²) in [5, 5.41) is 11.8. The first kappa shape index (κ1) is 16.5. The van der Waals surface area contributed by atoms with E-state index in [9.17, 15) is 9.59 Å². The lowest BCUT2D eigenvalue weighted by molar-refractivity contribution is -0.119. The molecule has 1 aliphatic carbocycles. The molecule has 0 aromatic heterocycles. The van der Waals surface area contributed by atoms with E-state index in [1.807, 2.05) is 13.0 Å². The van der Waals surface area contributed by atoms with Crippen LogP contribution in [-0.4, -0.2) is 36.6 Å². The summed E-state index contributed by atoms with van der Waals surface area (Å²) in [6, 6.07) is 7.15. The Morgan fingerprint density at radius 2 is 2.05 bits per heavy atom. The van der Waals surface area contributed by atoms with E-state index in [-0.39, 0.29) is 30.4 Å². The fraction of sp³-hybridized carbons (Fsp3) is 0.529. The second-order valence-corrected chi connectivity index (χ2v) is 5.93.